The van der Waals surface area contributed by atoms with Crippen LogP contribution in [0.2, 0.25) is 0 Å². The van der Waals surface area contributed by atoms with Gasteiger partial charge in [-0.25, -0.2) is 13.1 Å². The molecule has 1 N–H and O–H groups in total. The van der Waals surface area contributed by atoms with Crippen molar-refractivity contribution in [3.8, 4) is 6.07 Å². The number of hydrogen-bond acceptors (Lipinski definition) is 5. The standard InChI is InChI=1S/C19H21N3O3S/c20-12-16-6-8-19(9-7-16)26(23,24)21-13-18-15-22(10-11-25-18)14-17-4-2-1-3-5-17/h1-9,18,21H,10-11,13-15H2. The van der Waals surface area contributed by atoms with E-state index in [1.807, 2.05) is 24.3 Å². The van der Waals surface area contributed by atoms with Gasteiger partial charge in [0.2, 0.25) is 10.0 Å². The van der Waals surface area contributed by atoms with E-state index < -0.39 is 10.0 Å². The van der Waals surface area contributed by atoms with Gasteiger partial charge in [-0.05, 0) is 29.8 Å². The highest BCUT2D eigenvalue weighted by molar-refractivity contribution is 7.89. The highest BCUT2D eigenvalue weighted by Gasteiger charge is 2.23. The fraction of sp³-hybridized carbons (Fsp3) is 0.316. The molecule has 2 aromatic carbocycles. The number of sulfonamides is 1. The topological polar surface area (TPSA) is 82.4 Å². The lowest BCUT2D eigenvalue weighted by molar-refractivity contribution is -0.0276. The van der Waals surface area contributed by atoms with E-state index in [1.165, 1.54) is 29.8 Å². The van der Waals surface area contributed by atoms with E-state index >= 15 is 0 Å². The van der Waals surface area contributed by atoms with Crippen molar-refractivity contribution in [2.24, 2.45) is 0 Å². The highest BCUT2D eigenvalue weighted by Crippen LogP contribution is 2.13. The van der Waals surface area contributed by atoms with Crippen LogP contribution >= 0.6 is 0 Å². The highest BCUT2D eigenvalue weighted by atomic mass is 32.2. The molecule has 1 saturated heterocycles. The van der Waals surface area contributed by atoms with Gasteiger partial charge >= 0.3 is 0 Å². The van der Waals surface area contributed by atoms with Gasteiger partial charge in [0.1, 0.15) is 0 Å². The fourth-order valence-corrected chi connectivity index (χ4v) is 3.95. The van der Waals surface area contributed by atoms with Crippen molar-refractivity contribution in [2.75, 3.05) is 26.2 Å². The molecule has 1 aliphatic rings. The van der Waals surface area contributed by atoms with Gasteiger partial charge in [-0.15, -0.1) is 0 Å². The van der Waals surface area contributed by atoms with Crippen molar-refractivity contribution >= 4 is 10.0 Å². The van der Waals surface area contributed by atoms with E-state index in [4.69, 9.17) is 10.00 Å². The molecule has 7 heteroatoms. The molecule has 6 nitrogen and oxygen atoms in total. The second-order valence-electron chi connectivity index (χ2n) is 6.20. The molecule has 136 valence electrons. The SMILES string of the molecule is N#Cc1ccc(S(=O)(=O)NCC2CN(Cc3ccccc3)CCO2)cc1. The van der Waals surface area contributed by atoms with Crippen LogP contribution in [0.4, 0.5) is 0 Å². The molecule has 0 spiro atoms. The van der Waals surface area contributed by atoms with E-state index in [2.05, 4.69) is 21.8 Å². The maximum absolute atomic E-state index is 12.4. The Morgan fingerprint density at radius 1 is 1.15 bits per heavy atom. The molecule has 0 amide bonds. The smallest absolute Gasteiger partial charge is 0.240 e. The first-order valence-electron chi connectivity index (χ1n) is 8.44. The summed E-state index contributed by atoms with van der Waals surface area (Å²) in [5.41, 5.74) is 1.66. The summed E-state index contributed by atoms with van der Waals surface area (Å²) in [6.45, 7) is 3.12. The molecule has 1 heterocycles. The molecule has 0 saturated carbocycles. The molecule has 3 rings (SSSR count). The maximum Gasteiger partial charge on any atom is 0.240 e. The Labute approximate surface area is 154 Å². The van der Waals surface area contributed by atoms with Crippen LogP contribution < -0.4 is 4.72 Å². The van der Waals surface area contributed by atoms with Crippen LogP contribution in [0.25, 0.3) is 0 Å². The molecule has 2 aromatic rings. The van der Waals surface area contributed by atoms with Gasteiger partial charge < -0.3 is 4.74 Å². The molecular weight excluding hydrogens is 350 g/mol. The maximum atomic E-state index is 12.4. The van der Waals surface area contributed by atoms with Gasteiger partial charge in [0, 0.05) is 26.2 Å². The summed E-state index contributed by atoms with van der Waals surface area (Å²) in [7, 11) is -3.62. The van der Waals surface area contributed by atoms with Crippen molar-refractivity contribution in [1.82, 2.24) is 9.62 Å². The van der Waals surface area contributed by atoms with Gasteiger partial charge in [-0.2, -0.15) is 5.26 Å². The quantitative estimate of drug-likeness (QED) is 0.836. The third-order valence-corrected chi connectivity index (χ3v) is 5.71. The van der Waals surface area contributed by atoms with Crippen molar-refractivity contribution in [3.63, 3.8) is 0 Å². The first-order chi connectivity index (χ1) is 12.6. The largest absolute Gasteiger partial charge is 0.374 e. The predicted octanol–water partition coefficient (Wildman–Crippen LogP) is 1.74. The second-order valence-corrected chi connectivity index (χ2v) is 7.97. The lowest BCUT2D eigenvalue weighted by Gasteiger charge is -2.33. The first kappa shape index (κ1) is 18.5. The van der Waals surface area contributed by atoms with E-state index in [0.717, 1.165) is 13.1 Å². The number of nitriles is 1. The number of ether oxygens (including phenoxy) is 1. The van der Waals surface area contributed by atoms with Gasteiger partial charge in [-0.3, -0.25) is 4.90 Å². The summed E-state index contributed by atoms with van der Waals surface area (Å²) in [6.07, 6.45) is -0.194. The molecule has 1 aliphatic heterocycles. The zero-order chi connectivity index (χ0) is 18.4. The minimum Gasteiger partial charge on any atom is -0.374 e. The van der Waals surface area contributed by atoms with Crippen LogP contribution in [0, 0.1) is 11.3 Å². The van der Waals surface area contributed by atoms with Crippen LogP contribution in [0.5, 0.6) is 0 Å². The molecule has 0 aliphatic carbocycles. The number of morpholine rings is 1. The van der Waals surface area contributed by atoms with Crippen molar-refractivity contribution in [3.05, 3.63) is 65.7 Å². The van der Waals surface area contributed by atoms with Gasteiger partial charge in [0.25, 0.3) is 0 Å². The van der Waals surface area contributed by atoms with Crippen molar-refractivity contribution < 1.29 is 13.2 Å². The summed E-state index contributed by atoms with van der Waals surface area (Å²) in [4.78, 5) is 2.41. The minimum absolute atomic E-state index is 0.147. The van der Waals surface area contributed by atoms with Crippen LogP contribution in [0.1, 0.15) is 11.1 Å². The lowest BCUT2D eigenvalue weighted by atomic mass is 10.2. The summed E-state index contributed by atoms with van der Waals surface area (Å²) in [6, 6.07) is 18.0. The molecule has 0 bridgehead atoms. The van der Waals surface area contributed by atoms with Crippen LogP contribution in [-0.4, -0.2) is 45.7 Å². The first-order valence-corrected chi connectivity index (χ1v) is 9.93. The van der Waals surface area contributed by atoms with Crippen LogP contribution in [0.15, 0.2) is 59.5 Å². The monoisotopic (exact) mass is 371 g/mol. The Balaban J connectivity index is 1.55. The predicted molar refractivity (Wildman–Crippen MR) is 97.8 cm³/mol. The van der Waals surface area contributed by atoms with E-state index in [-0.39, 0.29) is 17.5 Å². The number of nitrogens with one attached hydrogen (secondary N) is 1. The molecule has 26 heavy (non-hydrogen) atoms. The molecule has 1 fully saturated rings. The molecule has 1 atom stereocenters. The second kappa shape index (κ2) is 8.43. The molecular formula is C19H21N3O3S. The summed E-state index contributed by atoms with van der Waals surface area (Å²) < 4.78 is 33.1. The average molecular weight is 371 g/mol. The number of rotatable bonds is 6. The number of nitrogens with zero attached hydrogens (tertiary/aromatic N) is 2. The van der Waals surface area contributed by atoms with E-state index in [0.29, 0.717) is 18.7 Å². The zero-order valence-corrected chi connectivity index (χ0v) is 15.2. The molecule has 0 radical (unpaired) electrons. The minimum atomic E-state index is -3.62. The number of hydrogen-bond donors (Lipinski definition) is 1. The molecule has 0 aromatic heterocycles. The van der Waals surface area contributed by atoms with Gasteiger partial charge in [0.15, 0.2) is 0 Å². The Morgan fingerprint density at radius 2 is 1.88 bits per heavy atom. The van der Waals surface area contributed by atoms with Crippen LogP contribution in [0.3, 0.4) is 0 Å². The fourth-order valence-electron chi connectivity index (χ4n) is 2.88. The van der Waals surface area contributed by atoms with Gasteiger partial charge in [-0.1, -0.05) is 30.3 Å². The van der Waals surface area contributed by atoms with Crippen molar-refractivity contribution in [2.45, 2.75) is 17.5 Å². The Bertz CT molecular complexity index is 861. The summed E-state index contributed by atoms with van der Waals surface area (Å²) in [5, 5.41) is 8.80. The van der Waals surface area contributed by atoms with E-state index in [9.17, 15) is 8.42 Å². The average Bonchev–Trinajstić information content (AvgIpc) is 2.68. The Morgan fingerprint density at radius 3 is 2.58 bits per heavy atom. The van der Waals surface area contributed by atoms with Crippen LogP contribution in [-0.2, 0) is 21.3 Å². The Hall–Kier alpha value is -2.24. The third-order valence-electron chi connectivity index (χ3n) is 4.27. The van der Waals surface area contributed by atoms with E-state index in [1.54, 1.807) is 0 Å². The van der Waals surface area contributed by atoms with Gasteiger partial charge in [0.05, 0.1) is 29.2 Å². The zero-order valence-electron chi connectivity index (χ0n) is 14.3. The summed E-state index contributed by atoms with van der Waals surface area (Å²) in [5.74, 6) is 0. The number of benzene rings is 2. The normalized spacial score (nSPS) is 18.3. The lowest BCUT2D eigenvalue weighted by Crippen LogP contribution is -2.47. The Kier molecular flexibility index (Phi) is 6.01. The van der Waals surface area contributed by atoms with Crippen molar-refractivity contribution in [1.29, 1.82) is 5.26 Å². The summed E-state index contributed by atoms with van der Waals surface area (Å²) >= 11 is 0. The third kappa shape index (κ3) is 4.90. The molecule has 1 unspecified atom stereocenters.